The van der Waals surface area contributed by atoms with Crippen LogP contribution in [0.25, 0.3) is 5.57 Å². The zero-order valence-electron chi connectivity index (χ0n) is 9.82. The molecule has 1 fully saturated rings. The van der Waals surface area contributed by atoms with Crippen molar-refractivity contribution in [2.75, 3.05) is 13.1 Å². The molecular weight excluding hydrogens is 215 g/mol. The first-order valence-corrected chi connectivity index (χ1v) is 6.34. The first-order chi connectivity index (χ1) is 8.33. The van der Waals surface area contributed by atoms with Crippen molar-refractivity contribution in [2.24, 2.45) is 11.8 Å². The monoisotopic (exact) mass is 232 g/mol. The van der Waals surface area contributed by atoms with E-state index in [1.165, 1.54) is 24.5 Å². The second kappa shape index (κ2) is 4.57. The number of hydrogen-bond donors (Lipinski definition) is 1. The fourth-order valence-electron chi connectivity index (χ4n) is 2.99. The van der Waals surface area contributed by atoms with Crippen LogP contribution in [0, 0.1) is 17.8 Å². The zero-order valence-corrected chi connectivity index (χ0v) is 9.82. The summed E-state index contributed by atoms with van der Waals surface area (Å²) in [6, 6.07) is 3.28. The SMILES string of the molecule is Fc1ccc(C2=CCC3CCNCC3C2)cn1. The number of pyridine rings is 1. The number of aromatic nitrogens is 1. The summed E-state index contributed by atoms with van der Waals surface area (Å²) >= 11 is 0. The molecule has 17 heavy (non-hydrogen) atoms. The Balaban J connectivity index is 1.80. The van der Waals surface area contributed by atoms with Crippen molar-refractivity contribution in [3.05, 3.63) is 35.9 Å². The maximum atomic E-state index is 12.8. The highest BCUT2D eigenvalue weighted by atomic mass is 19.1. The molecular formula is C14H17FN2. The molecule has 1 aromatic rings. The minimum absolute atomic E-state index is 0.401. The van der Waals surface area contributed by atoms with E-state index in [2.05, 4.69) is 16.4 Å². The number of fused-ring (bicyclic) bond motifs is 1. The average Bonchev–Trinajstić information content (AvgIpc) is 2.39. The molecule has 2 atom stereocenters. The van der Waals surface area contributed by atoms with Gasteiger partial charge in [-0.2, -0.15) is 4.39 Å². The van der Waals surface area contributed by atoms with Crippen LogP contribution < -0.4 is 5.32 Å². The number of rotatable bonds is 1. The van der Waals surface area contributed by atoms with Gasteiger partial charge in [-0.1, -0.05) is 6.08 Å². The maximum Gasteiger partial charge on any atom is 0.212 e. The number of hydrogen-bond acceptors (Lipinski definition) is 2. The van der Waals surface area contributed by atoms with E-state index in [0.29, 0.717) is 0 Å². The third kappa shape index (κ3) is 2.25. The number of halogens is 1. The van der Waals surface area contributed by atoms with Gasteiger partial charge in [0.1, 0.15) is 0 Å². The van der Waals surface area contributed by atoms with Crippen LogP contribution in [0.15, 0.2) is 24.4 Å². The number of nitrogens with one attached hydrogen (secondary N) is 1. The quantitative estimate of drug-likeness (QED) is 0.753. The Labute approximate surface area is 101 Å². The standard InChI is InChI=1S/C14H17FN2/c15-14-4-3-12(9-17-14)11-2-1-10-5-6-16-8-13(10)7-11/h2-4,9-10,13,16H,1,5-8H2. The van der Waals surface area contributed by atoms with Crippen LogP contribution in [0.5, 0.6) is 0 Å². The van der Waals surface area contributed by atoms with E-state index < -0.39 is 5.95 Å². The lowest BCUT2D eigenvalue weighted by molar-refractivity contribution is 0.252. The molecule has 3 heteroatoms. The predicted octanol–water partition coefficient (Wildman–Crippen LogP) is 2.62. The Kier molecular flexibility index (Phi) is 2.93. The molecule has 0 radical (unpaired) electrons. The second-order valence-corrected chi connectivity index (χ2v) is 5.05. The largest absolute Gasteiger partial charge is 0.316 e. The molecule has 0 amide bonds. The molecule has 1 saturated heterocycles. The molecule has 3 rings (SSSR count). The van der Waals surface area contributed by atoms with Crippen LogP contribution in [-0.4, -0.2) is 18.1 Å². The lowest BCUT2D eigenvalue weighted by Gasteiger charge is -2.35. The fraction of sp³-hybridized carbons (Fsp3) is 0.500. The topological polar surface area (TPSA) is 24.9 Å². The molecule has 0 spiro atoms. The van der Waals surface area contributed by atoms with Crippen LogP contribution in [0.3, 0.4) is 0 Å². The average molecular weight is 232 g/mol. The van der Waals surface area contributed by atoms with Gasteiger partial charge in [-0.3, -0.25) is 0 Å². The molecule has 0 saturated carbocycles. The zero-order chi connectivity index (χ0) is 11.7. The maximum absolute atomic E-state index is 12.8. The van der Waals surface area contributed by atoms with Gasteiger partial charge in [-0.05, 0) is 67.5 Å². The van der Waals surface area contributed by atoms with Gasteiger partial charge in [0.25, 0.3) is 0 Å². The summed E-state index contributed by atoms with van der Waals surface area (Å²) in [7, 11) is 0. The Morgan fingerprint density at radius 3 is 3.06 bits per heavy atom. The van der Waals surface area contributed by atoms with Gasteiger partial charge < -0.3 is 5.32 Å². The Morgan fingerprint density at radius 2 is 2.24 bits per heavy atom. The molecule has 1 aliphatic heterocycles. The minimum atomic E-state index is -0.401. The highest BCUT2D eigenvalue weighted by Crippen LogP contribution is 2.37. The van der Waals surface area contributed by atoms with Gasteiger partial charge in [0.2, 0.25) is 5.95 Å². The van der Waals surface area contributed by atoms with Crippen molar-refractivity contribution in [2.45, 2.75) is 19.3 Å². The minimum Gasteiger partial charge on any atom is -0.316 e. The fourth-order valence-corrected chi connectivity index (χ4v) is 2.99. The van der Waals surface area contributed by atoms with Gasteiger partial charge in [0.15, 0.2) is 0 Å². The van der Waals surface area contributed by atoms with E-state index >= 15 is 0 Å². The smallest absolute Gasteiger partial charge is 0.212 e. The number of piperidine rings is 1. The molecule has 0 bridgehead atoms. The summed E-state index contributed by atoms with van der Waals surface area (Å²) in [6.45, 7) is 2.28. The van der Waals surface area contributed by atoms with Crippen LogP contribution >= 0.6 is 0 Å². The summed E-state index contributed by atoms with van der Waals surface area (Å²) in [5.74, 6) is 1.18. The lowest BCUT2D eigenvalue weighted by atomic mass is 9.75. The molecule has 1 aromatic heterocycles. The van der Waals surface area contributed by atoms with E-state index in [-0.39, 0.29) is 0 Å². The van der Waals surface area contributed by atoms with E-state index in [1.807, 2.05) is 6.07 Å². The van der Waals surface area contributed by atoms with Crippen LogP contribution in [0.4, 0.5) is 4.39 Å². The molecule has 2 nitrogen and oxygen atoms in total. The normalized spacial score (nSPS) is 28.4. The summed E-state index contributed by atoms with van der Waals surface area (Å²) in [5, 5.41) is 3.46. The summed E-state index contributed by atoms with van der Waals surface area (Å²) < 4.78 is 12.8. The van der Waals surface area contributed by atoms with E-state index in [9.17, 15) is 4.39 Å². The van der Waals surface area contributed by atoms with Gasteiger partial charge in [0, 0.05) is 6.20 Å². The molecule has 2 unspecified atom stereocenters. The Bertz CT molecular complexity index is 424. The lowest BCUT2D eigenvalue weighted by Crippen LogP contribution is -2.37. The van der Waals surface area contributed by atoms with Gasteiger partial charge in [0.05, 0.1) is 0 Å². The van der Waals surface area contributed by atoms with E-state index in [0.717, 1.165) is 36.9 Å². The molecule has 0 aromatic carbocycles. The Hall–Kier alpha value is -1.22. The van der Waals surface area contributed by atoms with Gasteiger partial charge in [-0.25, -0.2) is 4.98 Å². The highest BCUT2D eigenvalue weighted by Gasteiger charge is 2.28. The molecule has 1 N–H and O–H groups in total. The molecule has 2 heterocycles. The number of allylic oxidation sites excluding steroid dienone is 2. The summed E-state index contributed by atoms with van der Waals surface area (Å²) in [5.41, 5.74) is 2.41. The highest BCUT2D eigenvalue weighted by molar-refractivity contribution is 5.65. The van der Waals surface area contributed by atoms with Crippen LogP contribution in [0.1, 0.15) is 24.8 Å². The van der Waals surface area contributed by atoms with E-state index in [4.69, 9.17) is 0 Å². The van der Waals surface area contributed by atoms with Crippen molar-refractivity contribution in [1.29, 1.82) is 0 Å². The summed E-state index contributed by atoms with van der Waals surface area (Å²) in [6.07, 6.45) is 7.53. The first-order valence-electron chi connectivity index (χ1n) is 6.34. The van der Waals surface area contributed by atoms with E-state index in [1.54, 1.807) is 6.20 Å². The first kappa shape index (κ1) is 10.9. The molecule has 90 valence electrons. The third-order valence-corrected chi connectivity index (χ3v) is 4.01. The summed E-state index contributed by atoms with van der Waals surface area (Å²) in [4.78, 5) is 3.74. The molecule has 2 aliphatic rings. The van der Waals surface area contributed by atoms with Crippen molar-refractivity contribution in [3.8, 4) is 0 Å². The van der Waals surface area contributed by atoms with Gasteiger partial charge >= 0.3 is 0 Å². The van der Waals surface area contributed by atoms with Crippen LogP contribution in [0.2, 0.25) is 0 Å². The van der Waals surface area contributed by atoms with Crippen molar-refractivity contribution < 1.29 is 4.39 Å². The Morgan fingerprint density at radius 1 is 1.29 bits per heavy atom. The van der Waals surface area contributed by atoms with Gasteiger partial charge in [-0.15, -0.1) is 0 Å². The second-order valence-electron chi connectivity index (χ2n) is 5.05. The third-order valence-electron chi connectivity index (χ3n) is 4.01. The van der Waals surface area contributed by atoms with Crippen molar-refractivity contribution in [3.63, 3.8) is 0 Å². The van der Waals surface area contributed by atoms with Crippen molar-refractivity contribution in [1.82, 2.24) is 10.3 Å². The van der Waals surface area contributed by atoms with Crippen molar-refractivity contribution >= 4 is 5.57 Å². The molecule has 1 aliphatic carbocycles. The predicted molar refractivity (Wildman–Crippen MR) is 65.9 cm³/mol. The van der Waals surface area contributed by atoms with Crippen LogP contribution in [-0.2, 0) is 0 Å². The number of nitrogens with zero attached hydrogens (tertiary/aromatic N) is 1.